The highest BCUT2D eigenvalue weighted by molar-refractivity contribution is 6.27. The number of hydrogen-bond donors (Lipinski definition) is 3. The maximum Gasteiger partial charge on any atom is 0.414 e. The minimum atomic E-state index is -1.82. The van der Waals surface area contributed by atoms with E-state index in [4.69, 9.17) is 26.2 Å². The Morgan fingerprint density at radius 3 is 2.48 bits per heavy atom. The number of rotatable bonds is 3. The van der Waals surface area contributed by atoms with E-state index in [9.17, 15) is 0 Å². The van der Waals surface area contributed by atoms with Gasteiger partial charge in [-0.25, -0.2) is 9.59 Å². The van der Waals surface area contributed by atoms with E-state index in [0.717, 1.165) is 6.54 Å². The van der Waals surface area contributed by atoms with Crippen molar-refractivity contribution in [3.05, 3.63) is 36.0 Å². The van der Waals surface area contributed by atoms with E-state index in [1.54, 1.807) is 0 Å². The molecule has 110 valence electrons. The number of nitrogens with one attached hydrogen (secondary N) is 1. The fourth-order valence-electron chi connectivity index (χ4n) is 1.76. The maximum absolute atomic E-state index is 9.10. The molecule has 1 heterocycles. The number of carboxylic acid groups (broad SMARTS) is 2. The van der Waals surface area contributed by atoms with Crippen LogP contribution in [0.25, 0.3) is 10.9 Å². The van der Waals surface area contributed by atoms with Crippen LogP contribution in [0, 0.1) is 12.3 Å². The first-order valence-electron chi connectivity index (χ1n) is 6.09. The van der Waals surface area contributed by atoms with E-state index < -0.39 is 11.9 Å². The number of nitrogens with zero attached hydrogens (tertiary/aromatic N) is 1. The number of fused-ring (bicyclic) bond motifs is 1. The van der Waals surface area contributed by atoms with Crippen molar-refractivity contribution in [1.29, 1.82) is 0 Å². The lowest BCUT2D eigenvalue weighted by atomic mass is 10.2. The van der Waals surface area contributed by atoms with Crippen molar-refractivity contribution < 1.29 is 19.8 Å². The summed E-state index contributed by atoms with van der Waals surface area (Å²) in [7, 11) is 2.03. The van der Waals surface area contributed by atoms with Crippen LogP contribution in [0.1, 0.15) is 5.56 Å². The second-order valence-electron chi connectivity index (χ2n) is 4.35. The summed E-state index contributed by atoms with van der Waals surface area (Å²) in [6, 6.07) is 8.31. The first-order valence-corrected chi connectivity index (χ1v) is 6.09. The molecule has 6 heteroatoms. The molecule has 2 rings (SSSR count). The SMILES string of the molecule is C#CCN(C)Cc1c[nH]c2ccccc12.O=C(O)C(=O)O. The zero-order valence-electron chi connectivity index (χ0n) is 11.5. The predicted octanol–water partition coefficient (Wildman–Crippen LogP) is 1.39. The number of aromatic amines is 1. The molecular formula is C15H16N2O4. The van der Waals surface area contributed by atoms with Gasteiger partial charge in [0.15, 0.2) is 0 Å². The molecule has 6 nitrogen and oxygen atoms in total. The van der Waals surface area contributed by atoms with Crippen molar-refractivity contribution in [2.24, 2.45) is 0 Å². The topological polar surface area (TPSA) is 93.6 Å². The van der Waals surface area contributed by atoms with Crippen molar-refractivity contribution >= 4 is 22.8 Å². The minimum Gasteiger partial charge on any atom is -0.473 e. The van der Waals surface area contributed by atoms with E-state index in [0.29, 0.717) is 6.54 Å². The van der Waals surface area contributed by atoms with Crippen molar-refractivity contribution in [3.8, 4) is 12.3 Å². The molecule has 0 aliphatic heterocycles. The molecule has 0 aliphatic rings. The summed E-state index contributed by atoms with van der Waals surface area (Å²) in [5, 5.41) is 16.1. The average Bonchev–Trinajstić information content (AvgIpc) is 2.83. The second-order valence-corrected chi connectivity index (χ2v) is 4.35. The van der Waals surface area contributed by atoms with Gasteiger partial charge in [-0.2, -0.15) is 0 Å². The van der Waals surface area contributed by atoms with Gasteiger partial charge in [-0.1, -0.05) is 24.1 Å². The van der Waals surface area contributed by atoms with Crippen LogP contribution in [0.3, 0.4) is 0 Å². The Bertz CT molecular complexity index is 658. The third kappa shape index (κ3) is 5.01. The molecule has 0 amide bonds. The molecule has 21 heavy (non-hydrogen) atoms. The quantitative estimate of drug-likeness (QED) is 0.586. The molecule has 0 saturated carbocycles. The molecule has 0 aliphatic carbocycles. The van der Waals surface area contributed by atoms with Gasteiger partial charge < -0.3 is 15.2 Å². The summed E-state index contributed by atoms with van der Waals surface area (Å²) in [5.74, 6) is -1.00. The fraction of sp³-hybridized carbons (Fsp3) is 0.200. The molecule has 0 unspecified atom stereocenters. The molecule has 0 fully saturated rings. The number of carboxylic acids is 2. The summed E-state index contributed by atoms with van der Waals surface area (Å²) in [5.41, 5.74) is 2.48. The number of carbonyl (C=O) groups is 2. The van der Waals surface area contributed by atoms with Crippen molar-refractivity contribution in [3.63, 3.8) is 0 Å². The lowest BCUT2D eigenvalue weighted by Crippen LogP contribution is -2.17. The van der Waals surface area contributed by atoms with E-state index in [1.807, 2.05) is 13.1 Å². The summed E-state index contributed by atoms with van der Waals surface area (Å²) >= 11 is 0. The first kappa shape index (κ1) is 16.3. The molecular weight excluding hydrogens is 272 g/mol. The molecule has 0 radical (unpaired) electrons. The largest absolute Gasteiger partial charge is 0.473 e. The monoisotopic (exact) mass is 288 g/mol. The number of para-hydroxylation sites is 1. The fourth-order valence-corrected chi connectivity index (χ4v) is 1.76. The van der Waals surface area contributed by atoms with Gasteiger partial charge in [0.05, 0.1) is 6.54 Å². The van der Waals surface area contributed by atoms with Crippen LogP contribution < -0.4 is 0 Å². The van der Waals surface area contributed by atoms with E-state index >= 15 is 0 Å². The Balaban J connectivity index is 0.000000315. The van der Waals surface area contributed by atoms with Crippen LogP contribution in [-0.4, -0.2) is 45.6 Å². The third-order valence-electron chi connectivity index (χ3n) is 2.66. The summed E-state index contributed by atoms with van der Waals surface area (Å²) in [6.45, 7) is 1.56. The van der Waals surface area contributed by atoms with Crippen LogP contribution in [-0.2, 0) is 16.1 Å². The first-order chi connectivity index (χ1) is 9.95. The Kier molecular flexibility index (Phi) is 5.99. The van der Waals surface area contributed by atoms with Crippen LogP contribution >= 0.6 is 0 Å². The highest BCUT2D eigenvalue weighted by atomic mass is 16.4. The molecule has 1 aromatic carbocycles. The normalized spacial score (nSPS) is 9.76. The van der Waals surface area contributed by atoms with Crippen molar-refractivity contribution in [2.45, 2.75) is 6.54 Å². The van der Waals surface area contributed by atoms with E-state index in [1.165, 1.54) is 16.5 Å². The minimum absolute atomic E-state index is 0.680. The van der Waals surface area contributed by atoms with Crippen LogP contribution in [0.15, 0.2) is 30.5 Å². The highest BCUT2D eigenvalue weighted by Crippen LogP contribution is 2.18. The second kappa shape index (κ2) is 7.72. The Labute approximate surface area is 122 Å². The zero-order chi connectivity index (χ0) is 15.8. The number of terminal acetylenes is 1. The highest BCUT2D eigenvalue weighted by Gasteiger charge is 2.05. The smallest absolute Gasteiger partial charge is 0.414 e. The van der Waals surface area contributed by atoms with Crippen LogP contribution in [0.5, 0.6) is 0 Å². The number of hydrogen-bond acceptors (Lipinski definition) is 3. The van der Waals surface area contributed by atoms with Gasteiger partial charge in [0.1, 0.15) is 0 Å². The molecule has 1 aromatic heterocycles. The number of benzene rings is 1. The lowest BCUT2D eigenvalue weighted by Gasteiger charge is -2.11. The zero-order valence-corrected chi connectivity index (χ0v) is 11.5. The van der Waals surface area contributed by atoms with Gasteiger partial charge in [-0.3, -0.25) is 4.90 Å². The molecule has 3 N–H and O–H groups in total. The molecule has 0 bridgehead atoms. The van der Waals surface area contributed by atoms with Gasteiger partial charge in [-0.15, -0.1) is 6.42 Å². The van der Waals surface area contributed by atoms with Crippen LogP contribution in [0.4, 0.5) is 0 Å². The number of aromatic nitrogens is 1. The number of H-pyrrole nitrogens is 1. The third-order valence-corrected chi connectivity index (χ3v) is 2.66. The molecule has 0 atom stereocenters. The standard InChI is InChI=1S/C13H14N2.C2H2O4/c1-3-8-15(2)10-11-9-14-13-7-5-4-6-12(11)13;3-1(4)2(5)6/h1,4-7,9,14H,8,10H2,2H3;(H,3,4)(H,5,6). The Morgan fingerprint density at radius 1 is 1.29 bits per heavy atom. The van der Waals surface area contributed by atoms with Gasteiger partial charge >= 0.3 is 11.9 Å². The molecule has 0 saturated heterocycles. The summed E-state index contributed by atoms with van der Waals surface area (Å²) < 4.78 is 0. The molecule has 0 spiro atoms. The van der Waals surface area contributed by atoms with Crippen molar-refractivity contribution in [1.82, 2.24) is 9.88 Å². The maximum atomic E-state index is 9.10. The van der Waals surface area contributed by atoms with Gasteiger partial charge in [0, 0.05) is 23.6 Å². The molecule has 2 aromatic rings. The summed E-state index contributed by atoms with van der Waals surface area (Å²) in [4.78, 5) is 23.6. The van der Waals surface area contributed by atoms with Crippen molar-refractivity contribution in [2.75, 3.05) is 13.6 Å². The summed E-state index contributed by atoms with van der Waals surface area (Å²) in [6.07, 6.45) is 7.32. The van der Waals surface area contributed by atoms with E-state index in [-0.39, 0.29) is 0 Å². The van der Waals surface area contributed by atoms with Gasteiger partial charge in [-0.05, 0) is 18.7 Å². The van der Waals surface area contributed by atoms with E-state index in [2.05, 4.69) is 40.2 Å². The Hall–Kier alpha value is -2.78. The lowest BCUT2D eigenvalue weighted by molar-refractivity contribution is -0.159. The Morgan fingerprint density at radius 2 is 1.90 bits per heavy atom. The van der Waals surface area contributed by atoms with Gasteiger partial charge in [0.25, 0.3) is 0 Å². The van der Waals surface area contributed by atoms with Crippen LogP contribution in [0.2, 0.25) is 0 Å². The average molecular weight is 288 g/mol. The predicted molar refractivity (Wildman–Crippen MR) is 78.7 cm³/mol. The number of aliphatic carboxylic acids is 2. The van der Waals surface area contributed by atoms with Gasteiger partial charge in [0.2, 0.25) is 0 Å².